The Morgan fingerprint density at radius 3 is 2.81 bits per heavy atom. The van der Waals surface area contributed by atoms with Gasteiger partial charge in [-0.1, -0.05) is 44.2 Å². The zero-order valence-corrected chi connectivity index (χ0v) is 13.7. The number of thiophene rings is 1. The third-order valence-corrected chi connectivity index (χ3v) is 5.13. The van der Waals surface area contributed by atoms with Crippen molar-refractivity contribution in [3.05, 3.63) is 57.3 Å². The van der Waals surface area contributed by atoms with E-state index in [2.05, 4.69) is 59.8 Å². The predicted molar refractivity (Wildman–Crippen MR) is 90.6 cm³/mol. The van der Waals surface area contributed by atoms with Crippen LogP contribution in [-0.4, -0.2) is 17.5 Å². The molecular weight excluding hydrogens is 276 g/mol. The summed E-state index contributed by atoms with van der Waals surface area (Å²) in [5.74, 6) is 0. The number of hydrogen-bond donors (Lipinski definition) is 1. The highest BCUT2D eigenvalue weighted by Crippen LogP contribution is 2.29. The number of fused-ring (bicyclic) bond motifs is 1. The van der Waals surface area contributed by atoms with Crippen LogP contribution in [0.4, 0.5) is 0 Å². The van der Waals surface area contributed by atoms with Gasteiger partial charge >= 0.3 is 0 Å². The van der Waals surface area contributed by atoms with Gasteiger partial charge in [0.05, 0.1) is 0 Å². The summed E-state index contributed by atoms with van der Waals surface area (Å²) in [5, 5.41) is 5.90. The summed E-state index contributed by atoms with van der Waals surface area (Å²) < 4.78 is 0. The largest absolute Gasteiger partial charge is 0.310 e. The fourth-order valence-corrected chi connectivity index (χ4v) is 4.03. The van der Waals surface area contributed by atoms with Crippen molar-refractivity contribution in [2.75, 3.05) is 6.54 Å². The third-order valence-electron chi connectivity index (χ3n) is 4.06. The lowest BCUT2D eigenvalue weighted by Crippen LogP contribution is -2.30. The Bertz CT molecular complexity index is 574. The van der Waals surface area contributed by atoms with Crippen LogP contribution in [0.2, 0.25) is 0 Å². The Kier molecular flexibility index (Phi) is 4.73. The smallest absolute Gasteiger partial charge is 0.0334 e. The zero-order valence-electron chi connectivity index (χ0n) is 12.9. The quantitative estimate of drug-likeness (QED) is 0.903. The molecule has 2 heterocycles. The van der Waals surface area contributed by atoms with Gasteiger partial charge in [0.25, 0.3) is 0 Å². The van der Waals surface area contributed by atoms with Crippen molar-refractivity contribution in [1.29, 1.82) is 0 Å². The normalized spacial score (nSPS) is 15.4. The maximum atomic E-state index is 3.54. The van der Waals surface area contributed by atoms with Gasteiger partial charge in [0, 0.05) is 37.1 Å². The first-order chi connectivity index (χ1) is 10.2. The van der Waals surface area contributed by atoms with Gasteiger partial charge in [-0.15, -0.1) is 11.3 Å². The van der Waals surface area contributed by atoms with Gasteiger partial charge in [-0.3, -0.25) is 4.90 Å². The molecule has 21 heavy (non-hydrogen) atoms. The van der Waals surface area contributed by atoms with E-state index in [9.17, 15) is 0 Å². The Morgan fingerprint density at radius 2 is 2.05 bits per heavy atom. The van der Waals surface area contributed by atoms with E-state index >= 15 is 0 Å². The van der Waals surface area contributed by atoms with Gasteiger partial charge in [0.2, 0.25) is 0 Å². The van der Waals surface area contributed by atoms with E-state index in [1.165, 1.54) is 24.1 Å². The standard InChI is InChI=1S/C18H24N2S/c1-14(2)19-10-16-13-21-18-12-20(9-8-17(16)18)11-15-6-4-3-5-7-15/h3-7,13-14,19H,8-12H2,1-2H3. The molecule has 0 bridgehead atoms. The van der Waals surface area contributed by atoms with Gasteiger partial charge in [-0.25, -0.2) is 0 Å². The molecule has 112 valence electrons. The van der Waals surface area contributed by atoms with Crippen LogP contribution in [-0.2, 0) is 26.1 Å². The molecule has 0 atom stereocenters. The fraction of sp³-hybridized carbons (Fsp3) is 0.444. The van der Waals surface area contributed by atoms with Crippen LogP contribution in [0.5, 0.6) is 0 Å². The van der Waals surface area contributed by atoms with E-state index in [1.807, 2.05) is 11.3 Å². The molecule has 0 fully saturated rings. The number of hydrogen-bond acceptors (Lipinski definition) is 3. The van der Waals surface area contributed by atoms with Gasteiger partial charge in [-0.2, -0.15) is 0 Å². The summed E-state index contributed by atoms with van der Waals surface area (Å²) in [5.41, 5.74) is 4.54. The van der Waals surface area contributed by atoms with Crippen LogP contribution in [0, 0.1) is 0 Å². The van der Waals surface area contributed by atoms with Crippen molar-refractivity contribution in [3.8, 4) is 0 Å². The van der Waals surface area contributed by atoms with Crippen LogP contribution in [0.15, 0.2) is 35.7 Å². The summed E-state index contributed by atoms with van der Waals surface area (Å²) in [4.78, 5) is 4.13. The maximum Gasteiger partial charge on any atom is 0.0334 e. The molecule has 0 saturated heterocycles. The number of rotatable bonds is 5. The molecule has 3 heteroatoms. The lowest BCUT2D eigenvalue weighted by atomic mass is 10.0. The molecule has 2 nitrogen and oxygen atoms in total. The van der Waals surface area contributed by atoms with Crippen LogP contribution in [0.1, 0.15) is 35.4 Å². The molecule has 1 aliphatic heterocycles. The molecule has 0 saturated carbocycles. The summed E-state index contributed by atoms with van der Waals surface area (Å²) >= 11 is 1.94. The van der Waals surface area contributed by atoms with Crippen molar-refractivity contribution >= 4 is 11.3 Å². The van der Waals surface area contributed by atoms with E-state index in [-0.39, 0.29) is 0 Å². The molecule has 0 aliphatic carbocycles. The molecule has 1 aromatic carbocycles. The van der Waals surface area contributed by atoms with Crippen LogP contribution in [0.25, 0.3) is 0 Å². The highest BCUT2D eigenvalue weighted by Gasteiger charge is 2.20. The van der Waals surface area contributed by atoms with Gasteiger partial charge < -0.3 is 5.32 Å². The summed E-state index contributed by atoms with van der Waals surface area (Å²) in [6.07, 6.45) is 1.20. The van der Waals surface area contributed by atoms with Crippen molar-refractivity contribution in [1.82, 2.24) is 10.2 Å². The Balaban J connectivity index is 1.64. The van der Waals surface area contributed by atoms with E-state index in [0.29, 0.717) is 6.04 Å². The Morgan fingerprint density at radius 1 is 1.24 bits per heavy atom. The number of benzene rings is 1. The monoisotopic (exact) mass is 300 g/mol. The molecule has 3 rings (SSSR count). The summed E-state index contributed by atoms with van der Waals surface area (Å²) in [6.45, 7) is 8.78. The number of nitrogens with one attached hydrogen (secondary N) is 1. The van der Waals surface area contributed by atoms with Crippen molar-refractivity contribution in [3.63, 3.8) is 0 Å². The molecule has 1 aliphatic rings. The SMILES string of the molecule is CC(C)NCc1csc2c1CCN(Cc1ccccc1)C2. The molecule has 0 spiro atoms. The van der Waals surface area contributed by atoms with Crippen molar-refractivity contribution < 1.29 is 0 Å². The average Bonchev–Trinajstić information content (AvgIpc) is 2.88. The van der Waals surface area contributed by atoms with Crippen LogP contribution in [0.3, 0.4) is 0 Å². The second kappa shape index (κ2) is 6.73. The predicted octanol–water partition coefficient (Wildman–Crippen LogP) is 3.80. The van der Waals surface area contributed by atoms with E-state index in [4.69, 9.17) is 0 Å². The maximum absolute atomic E-state index is 3.54. The van der Waals surface area contributed by atoms with Gasteiger partial charge in [0.1, 0.15) is 0 Å². The Labute approximate surface area is 131 Å². The molecule has 0 amide bonds. The second-order valence-corrected chi connectivity index (χ2v) is 7.11. The molecule has 1 aromatic heterocycles. The minimum Gasteiger partial charge on any atom is -0.310 e. The lowest BCUT2D eigenvalue weighted by Gasteiger charge is -2.27. The van der Waals surface area contributed by atoms with Gasteiger partial charge in [0.15, 0.2) is 0 Å². The summed E-state index contributed by atoms with van der Waals surface area (Å²) in [6, 6.07) is 11.4. The topological polar surface area (TPSA) is 15.3 Å². The highest BCUT2D eigenvalue weighted by molar-refractivity contribution is 7.10. The molecule has 0 unspecified atom stereocenters. The minimum atomic E-state index is 0.554. The molecule has 1 N–H and O–H groups in total. The molecule has 0 radical (unpaired) electrons. The fourth-order valence-electron chi connectivity index (χ4n) is 2.89. The van der Waals surface area contributed by atoms with Crippen LogP contribution >= 0.6 is 11.3 Å². The Hall–Kier alpha value is -1.16. The first-order valence-electron chi connectivity index (χ1n) is 7.80. The first kappa shape index (κ1) is 14.8. The average molecular weight is 300 g/mol. The van der Waals surface area contributed by atoms with Crippen molar-refractivity contribution in [2.24, 2.45) is 0 Å². The second-order valence-electron chi connectivity index (χ2n) is 6.14. The van der Waals surface area contributed by atoms with Gasteiger partial charge in [-0.05, 0) is 28.5 Å². The summed E-state index contributed by atoms with van der Waals surface area (Å²) in [7, 11) is 0. The first-order valence-corrected chi connectivity index (χ1v) is 8.68. The zero-order chi connectivity index (χ0) is 14.7. The van der Waals surface area contributed by atoms with E-state index in [0.717, 1.165) is 19.6 Å². The molecule has 2 aromatic rings. The van der Waals surface area contributed by atoms with E-state index in [1.54, 1.807) is 10.4 Å². The third kappa shape index (κ3) is 3.73. The highest BCUT2D eigenvalue weighted by atomic mass is 32.1. The lowest BCUT2D eigenvalue weighted by molar-refractivity contribution is 0.248. The van der Waals surface area contributed by atoms with E-state index < -0.39 is 0 Å². The van der Waals surface area contributed by atoms with Crippen LogP contribution < -0.4 is 5.32 Å². The minimum absolute atomic E-state index is 0.554. The molecular formula is C18H24N2S. The number of nitrogens with zero attached hydrogens (tertiary/aromatic N) is 1. The van der Waals surface area contributed by atoms with Crippen molar-refractivity contribution in [2.45, 2.75) is 45.9 Å².